The third-order valence-electron chi connectivity index (χ3n) is 5.40. The monoisotopic (exact) mass is 475 g/mol. The van der Waals surface area contributed by atoms with Crippen molar-refractivity contribution in [3.8, 4) is 0 Å². The molecule has 3 rings (SSSR count). The van der Waals surface area contributed by atoms with E-state index in [0.29, 0.717) is 11.1 Å². The Morgan fingerprint density at radius 2 is 1.23 bits per heavy atom. The van der Waals surface area contributed by atoms with Crippen LogP contribution < -0.4 is 0 Å². The van der Waals surface area contributed by atoms with Gasteiger partial charge in [-0.1, -0.05) is 78.9 Å². The predicted octanol–water partition coefficient (Wildman–Crippen LogP) is 4.76. The highest BCUT2D eigenvalue weighted by atomic mass is 16.6. The standard InChI is InChI=1S/C27H25NO7/c1-19(29)16-23(22-14-8-9-15-24(22)28(32)33)25(26(30)34-17-20-10-4-2-5-11-20)27(31)35-18-21-12-6-3-7-13-21/h2-15,23,25H,16-18H2,1H3/t23-/m0/s1. The quantitative estimate of drug-likeness (QED) is 0.170. The van der Waals surface area contributed by atoms with Crippen LogP contribution in [0.3, 0.4) is 0 Å². The Morgan fingerprint density at radius 1 is 0.771 bits per heavy atom. The molecule has 0 spiro atoms. The van der Waals surface area contributed by atoms with Gasteiger partial charge in [0.05, 0.1) is 4.92 Å². The predicted molar refractivity (Wildman–Crippen MR) is 127 cm³/mol. The molecule has 8 nitrogen and oxygen atoms in total. The molecule has 0 fully saturated rings. The zero-order chi connectivity index (χ0) is 25.2. The second-order valence-corrected chi connectivity index (χ2v) is 7.99. The Kier molecular flexibility index (Phi) is 8.83. The highest BCUT2D eigenvalue weighted by molar-refractivity contribution is 5.97. The number of ether oxygens (including phenoxy) is 2. The molecule has 0 saturated heterocycles. The van der Waals surface area contributed by atoms with E-state index in [1.807, 2.05) is 12.1 Å². The molecule has 0 unspecified atom stereocenters. The Hall–Kier alpha value is -4.33. The number of carbonyl (C=O) groups excluding carboxylic acids is 3. The first kappa shape index (κ1) is 25.3. The number of rotatable bonds is 11. The van der Waals surface area contributed by atoms with Gasteiger partial charge in [0.2, 0.25) is 0 Å². The SMILES string of the molecule is CC(=O)C[C@@H](c1ccccc1[N+](=O)[O-])C(C(=O)OCc1ccccc1)C(=O)OCc1ccccc1. The van der Waals surface area contributed by atoms with Crippen molar-refractivity contribution in [1.82, 2.24) is 0 Å². The fourth-order valence-corrected chi connectivity index (χ4v) is 3.75. The van der Waals surface area contributed by atoms with Crippen molar-refractivity contribution in [2.24, 2.45) is 5.92 Å². The molecule has 0 aliphatic carbocycles. The van der Waals surface area contributed by atoms with E-state index in [1.54, 1.807) is 54.6 Å². The number of esters is 2. The van der Waals surface area contributed by atoms with Crippen LogP contribution in [0.15, 0.2) is 84.9 Å². The number of ketones is 1. The molecule has 3 aromatic rings. The normalized spacial score (nSPS) is 11.5. The van der Waals surface area contributed by atoms with E-state index < -0.39 is 28.7 Å². The summed E-state index contributed by atoms with van der Waals surface area (Å²) in [6, 6.07) is 23.5. The van der Waals surface area contributed by atoms with Gasteiger partial charge in [-0.05, 0) is 18.1 Å². The number of nitro benzene ring substituents is 1. The molecule has 0 aromatic heterocycles. The minimum atomic E-state index is -1.58. The maximum atomic E-state index is 13.2. The lowest BCUT2D eigenvalue weighted by Crippen LogP contribution is -2.34. The zero-order valence-corrected chi connectivity index (χ0v) is 19.2. The molecule has 0 aliphatic rings. The van der Waals surface area contributed by atoms with Gasteiger partial charge in [0.15, 0.2) is 5.92 Å². The molecule has 0 heterocycles. The third-order valence-corrected chi connectivity index (χ3v) is 5.40. The van der Waals surface area contributed by atoms with Gasteiger partial charge in [-0.2, -0.15) is 0 Å². The van der Waals surface area contributed by atoms with E-state index in [1.165, 1.54) is 25.1 Å². The van der Waals surface area contributed by atoms with Crippen LogP contribution in [0.25, 0.3) is 0 Å². The molecule has 0 bridgehead atoms. The van der Waals surface area contributed by atoms with E-state index in [4.69, 9.17) is 9.47 Å². The van der Waals surface area contributed by atoms with E-state index in [2.05, 4.69) is 0 Å². The van der Waals surface area contributed by atoms with Crippen LogP contribution in [0.4, 0.5) is 5.69 Å². The summed E-state index contributed by atoms with van der Waals surface area (Å²) in [5, 5.41) is 11.7. The minimum absolute atomic E-state index is 0.0889. The summed E-state index contributed by atoms with van der Waals surface area (Å²) in [7, 11) is 0. The fourth-order valence-electron chi connectivity index (χ4n) is 3.75. The largest absolute Gasteiger partial charge is 0.460 e. The van der Waals surface area contributed by atoms with Crippen molar-refractivity contribution < 1.29 is 28.8 Å². The molecule has 0 N–H and O–H groups in total. The Morgan fingerprint density at radius 3 is 1.69 bits per heavy atom. The maximum absolute atomic E-state index is 13.2. The molecular weight excluding hydrogens is 450 g/mol. The van der Waals surface area contributed by atoms with Crippen LogP contribution in [-0.2, 0) is 37.1 Å². The molecular formula is C27H25NO7. The first-order valence-corrected chi connectivity index (χ1v) is 11.0. The summed E-state index contributed by atoms with van der Waals surface area (Å²) in [6.07, 6.45) is -0.281. The summed E-state index contributed by atoms with van der Waals surface area (Å²) in [5.74, 6) is -4.90. The maximum Gasteiger partial charge on any atom is 0.321 e. The van der Waals surface area contributed by atoms with Crippen molar-refractivity contribution >= 4 is 23.4 Å². The van der Waals surface area contributed by atoms with Crippen LogP contribution in [0.5, 0.6) is 0 Å². The molecule has 0 saturated carbocycles. The molecule has 3 aromatic carbocycles. The van der Waals surface area contributed by atoms with E-state index in [0.717, 1.165) is 0 Å². The highest BCUT2D eigenvalue weighted by Gasteiger charge is 2.41. The number of para-hydroxylation sites is 1. The van der Waals surface area contributed by atoms with E-state index in [9.17, 15) is 24.5 Å². The van der Waals surface area contributed by atoms with Crippen LogP contribution in [0, 0.1) is 16.0 Å². The average molecular weight is 475 g/mol. The summed E-state index contributed by atoms with van der Waals surface area (Å²) >= 11 is 0. The van der Waals surface area contributed by atoms with Crippen molar-refractivity contribution in [3.63, 3.8) is 0 Å². The lowest BCUT2D eigenvalue weighted by Gasteiger charge is -2.24. The van der Waals surface area contributed by atoms with E-state index >= 15 is 0 Å². The summed E-state index contributed by atoms with van der Waals surface area (Å²) in [6.45, 7) is 1.08. The number of nitro groups is 1. The summed E-state index contributed by atoms with van der Waals surface area (Å²) in [5.41, 5.74) is 1.19. The first-order valence-electron chi connectivity index (χ1n) is 11.0. The number of benzene rings is 3. The Balaban J connectivity index is 1.95. The molecule has 180 valence electrons. The Labute approximate surface area is 202 Å². The summed E-state index contributed by atoms with van der Waals surface area (Å²) < 4.78 is 10.9. The van der Waals surface area contributed by atoms with Crippen molar-refractivity contribution in [1.29, 1.82) is 0 Å². The number of hydrogen-bond acceptors (Lipinski definition) is 7. The van der Waals surface area contributed by atoms with Gasteiger partial charge < -0.3 is 14.3 Å². The topological polar surface area (TPSA) is 113 Å². The van der Waals surface area contributed by atoms with Gasteiger partial charge in [0, 0.05) is 24.0 Å². The van der Waals surface area contributed by atoms with Gasteiger partial charge in [0.1, 0.15) is 19.0 Å². The molecule has 1 atom stereocenters. The zero-order valence-electron chi connectivity index (χ0n) is 19.2. The second-order valence-electron chi connectivity index (χ2n) is 7.99. The molecule has 8 heteroatoms. The molecule has 35 heavy (non-hydrogen) atoms. The fraction of sp³-hybridized carbons (Fsp3) is 0.222. The van der Waals surface area contributed by atoms with Gasteiger partial charge in [0.25, 0.3) is 5.69 Å². The van der Waals surface area contributed by atoms with Gasteiger partial charge in [-0.3, -0.25) is 19.7 Å². The van der Waals surface area contributed by atoms with Gasteiger partial charge in [-0.15, -0.1) is 0 Å². The number of Topliss-reactive ketones (excluding diaryl/α,β-unsaturated/α-hetero) is 1. The lowest BCUT2D eigenvalue weighted by atomic mass is 9.81. The molecule has 0 amide bonds. The second kappa shape index (κ2) is 12.2. The van der Waals surface area contributed by atoms with Crippen LogP contribution in [0.1, 0.15) is 36.0 Å². The van der Waals surface area contributed by atoms with E-state index in [-0.39, 0.29) is 36.7 Å². The van der Waals surface area contributed by atoms with Gasteiger partial charge in [-0.25, -0.2) is 0 Å². The van der Waals surface area contributed by atoms with Crippen LogP contribution in [0.2, 0.25) is 0 Å². The number of carbonyl (C=O) groups is 3. The van der Waals surface area contributed by atoms with Crippen molar-refractivity contribution in [2.75, 3.05) is 0 Å². The Bertz CT molecular complexity index is 1120. The average Bonchev–Trinajstić information content (AvgIpc) is 2.87. The van der Waals surface area contributed by atoms with Crippen LogP contribution in [-0.4, -0.2) is 22.6 Å². The van der Waals surface area contributed by atoms with Gasteiger partial charge >= 0.3 is 11.9 Å². The lowest BCUT2D eigenvalue weighted by molar-refractivity contribution is -0.385. The van der Waals surface area contributed by atoms with Crippen molar-refractivity contribution in [3.05, 3.63) is 112 Å². The number of hydrogen-bond donors (Lipinski definition) is 0. The third kappa shape index (κ3) is 7.07. The molecule has 0 aliphatic heterocycles. The minimum Gasteiger partial charge on any atom is -0.460 e. The molecule has 0 radical (unpaired) electrons. The smallest absolute Gasteiger partial charge is 0.321 e. The van der Waals surface area contributed by atoms with Crippen molar-refractivity contribution in [2.45, 2.75) is 32.5 Å². The first-order chi connectivity index (χ1) is 16.9. The number of nitrogens with zero attached hydrogens (tertiary/aromatic N) is 1. The highest BCUT2D eigenvalue weighted by Crippen LogP contribution is 2.36. The van der Waals surface area contributed by atoms with Crippen LogP contribution >= 0.6 is 0 Å². The summed E-state index contributed by atoms with van der Waals surface area (Å²) in [4.78, 5) is 49.7.